The minimum Gasteiger partial charge on any atom is -0.308 e. The average molecular weight is 222 g/mol. The molecule has 1 aliphatic carbocycles. The summed E-state index contributed by atoms with van der Waals surface area (Å²) in [6.07, 6.45) is 8.43. The molecular formula is C14H26N2. The van der Waals surface area contributed by atoms with Gasteiger partial charge in [0.25, 0.3) is 0 Å². The number of nitrogens with zero attached hydrogens (tertiary/aromatic N) is 1. The summed E-state index contributed by atoms with van der Waals surface area (Å²) in [6.45, 7) is 6.74. The van der Waals surface area contributed by atoms with E-state index >= 15 is 0 Å². The van der Waals surface area contributed by atoms with Gasteiger partial charge in [-0.05, 0) is 33.1 Å². The zero-order valence-corrected chi connectivity index (χ0v) is 11.1. The van der Waals surface area contributed by atoms with Crippen molar-refractivity contribution in [3.63, 3.8) is 0 Å². The molecule has 2 unspecified atom stereocenters. The molecule has 2 atom stereocenters. The van der Waals surface area contributed by atoms with Crippen molar-refractivity contribution in [2.75, 3.05) is 0 Å². The van der Waals surface area contributed by atoms with E-state index in [1.807, 2.05) is 0 Å². The molecule has 1 rings (SSSR count). The van der Waals surface area contributed by atoms with Crippen LogP contribution in [0.25, 0.3) is 0 Å². The SMILES string of the molecule is CCCC(C)(C)NC1CCCCCC1C#N. The van der Waals surface area contributed by atoms with Crippen LogP contribution >= 0.6 is 0 Å². The number of nitriles is 1. The van der Waals surface area contributed by atoms with Gasteiger partial charge in [-0.1, -0.05) is 32.6 Å². The smallest absolute Gasteiger partial charge is 0.0672 e. The molecule has 1 aliphatic rings. The fraction of sp³-hybridized carbons (Fsp3) is 0.929. The Kier molecular flexibility index (Phi) is 5.28. The van der Waals surface area contributed by atoms with Crippen LogP contribution < -0.4 is 5.32 Å². The first-order chi connectivity index (χ1) is 7.59. The highest BCUT2D eigenvalue weighted by Gasteiger charge is 2.28. The van der Waals surface area contributed by atoms with Crippen LogP contribution in [0.3, 0.4) is 0 Å². The van der Waals surface area contributed by atoms with Gasteiger partial charge in [0.05, 0.1) is 12.0 Å². The van der Waals surface area contributed by atoms with Crippen LogP contribution in [0.1, 0.15) is 65.7 Å². The Morgan fingerprint density at radius 3 is 2.56 bits per heavy atom. The van der Waals surface area contributed by atoms with Gasteiger partial charge in [-0.2, -0.15) is 5.26 Å². The summed E-state index contributed by atoms with van der Waals surface area (Å²) in [6, 6.07) is 2.91. The van der Waals surface area contributed by atoms with E-state index in [0.29, 0.717) is 6.04 Å². The summed E-state index contributed by atoms with van der Waals surface area (Å²) >= 11 is 0. The average Bonchev–Trinajstić information content (AvgIpc) is 2.42. The van der Waals surface area contributed by atoms with Crippen LogP contribution in [0.4, 0.5) is 0 Å². The highest BCUT2D eigenvalue weighted by molar-refractivity contribution is 4.96. The summed E-state index contributed by atoms with van der Waals surface area (Å²) in [7, 11) is 0. The largest absolute Gasteiger partial charge is 0.308 e. The third-order valence-electron chi connectivity index (χ3n) is 3.63. The third-order valence-corrected chi connectivity index (χ3v) is 3.63. The molecule has 0 saturated heterocycles. The predicted octanol–water partition coefficient (Wildman–Crippen LogP) is 3.63. The molecule has 1 fully saturated rings. The van der Waals surface area contributed by atoms with E-state index in [1.54, 1.807) is 0 Å². The van der Waals surface area contributed by atoms with Gasteiger partial charge >= 0.3 is 0 Å². The minimum atomic E-state index is 0.179. The van der Waals surface area contributed by atoms with Crippen molar-refractivity contribution < 1.29 is 0 Å². The third kappa shape index (κ3) is 4.14. The maximum atomic E-state index is 9.22. The van der Waals surface area contributed by atoms with E-state index in [-0.39, 0.29) is 11.5 Å². The highest BCUT2D eigenvalue weighted by Crippen LogP contribution is 2.25. The molecule has 1 N–H and O–H groups in total. The normalized spacial score (nSPS) is 27.1. The number of rotatable bonds is 4. The number of hydrogen-bond acceptors (Lipinski definition) is 2. The van der Waals surface area contributed by atoms with Crippen LogP contribution in [-0.4, -0.2) is 11.6 Å². The molecule has 0 radical (unpaired) electrons. The molecule has 0 aromatic carbocycles. The van der Waals surface area contributed by atoms with Crippen molar-refractivity contribution in [2.45, 2.75) is 77.3 Å². The highest BCUT2D eigenvalue weighted by atomic mass is 15.0. The molecule has 0 amide bonds. The Morgan fingerprint density at radius 1 is 1.25 bits per heavy atom. The molecule has 0 aromatic heterocycles. The predicted molar refractivity (Wildman–Crippen MR) is 68.1 cm³/mol. The molecule has 0 bridgehead atoms. The number of hydrogen-bond donors (Lipinski definition) is 1. The lowest BCUT2D eigenvalue weighted by Crippen LogP contribution is -2.48. The van der Waals surface area contributed by atoms with E-state index in [4.69, 9.17) is 0 Å². The lowest BCUT2D eigenvalue weighted by Gasteiger charge is -2.33. The quantitative estimate of drug-likeness (QED) is 0.737. The van der Waals surface area contributed by atoms with E-state index in [1.165, 1.54) is 38.5 Å². The van der Waals surface area contributed by atoms with Crippen molar-refractivity contribution in [2.24, 2.45) is 5.92 Å². The van der Waals surface area contributed by atoms with Crippen LogP contribution in [0, 0.1) is 17.2 Å². The Balaban J connectivity index is 2.58. The maximum absolute atomic E-state index is 9.22. The molecule has 0 aromatic rings. The molecule has 2 nitrogen and oxygen atoms in total. The van der Waals surface area contributed by atoms with Crippen molar-refractivity contribution in [1.82, 2.24) is 5.32 Å². The van der Waals surface area contributed by atoms with Gasteiger partial charge in [0.15, 0.2) is 0 Å². The van der Waals surface area contributed by atoms with Crippen molar-refractivity contribution in [3.05, 3.63) is 0 Å². The Bertz CT molecular complexity index is 240. The van der Waals surface area contributed by atoms with Crippen LogP contribution in [0.15, 0.2) is 0 Å². The van der Waals surface area contributed by atoms with Gasteiger partial charge < -0.3 is 5.32 Å². The second kappa shape index (κ2) is 6.25. The summed E-state index contributed by atoms with van der Waals surface area (Å²) < 4.78 is 0. The first-order valence-electron chi connectivity index (χ1n) is 6.76. The summed E-state index contributed by atoms with van der Waals surface area (Å²) in [4.78, 5) is 0. The Hall–Kier alpha value is -0.550. The maximum Gasteiger partial charge on any atom is 0.0672 e. The van der Waals surface area contributed by atoms with Gasteiger partial charge in [0.1, 0.15) is 0 Å². The fourth-order valence-corrected chi connectivity index (χ4v) is 2.83. The van der Waals surface area contributed by atoms with Gasteiger partial charge in [-0.3, -0.25) is 0 Å². The first-order valence-corrected chi connectivity index (χ1v) is 6.76. The lowest BCUT2D eigenvalue weighted by molar-refractivity contribution is 0.269. The second-order valence-corrected chi connectivity index (χ2v) is 5.76. The van der Waals surface area contributed by atoms with E-state index < -0.39 is 0 Å². The topological polar surface area (TPSA) is 35.8 Å². The Morgan fingerprint density at radius 2 is 1.94 bits per heavy atom. The summed E-state index contributed by atoms with van der Waals surface area (Å²) in [5, 5.41) is 12.9. The van der Waals surface area contributed by atoms with Gasteiger partial charge in [0, 0.05) is 11.6 Å². The molecule has 0 heterocycles. The lowest BCUT2D eigenvalue weighted by atomic mass is 9.91. The molecule has 0 aliphatic heterocycles. The van der Waals surface area contributed by atoms with Crippen molar-refractivity contribution in [1.29, 1.82) is 5.26 Å². The fourth-order valence-electron chi connectivity index (χ4n) is 2.83. The summed E-state index contributed by atoms with van der Waals surface area (Å²) in [5.41, 5.74) is 0.179. The minimum absolute atomic E-state index is 0.179. The van der Waals surface area contributed by atoms with Gasteiger partial charge in [-0.25, -0.2) is 0 Å². The number of nitrogens with one attached hydrogen (secondary N) is 1. The van der Waals surface area contributed by atoms with Crippen LogP contribution in [0.2, 0.25) is 0 Å². The van der Waals surface area contributed by atoms with E-state index in [9.17, 15) is 5.26 Å². The molecule has 92 valence electrons. The van der Waals surface area contributed by atoms with Crippen LogP contribution in [-0.2, 0) is 0 Å². The van der Waals surface area contributed by atoms with Gasteiger partial charge in [0.2, 0.25) is 0 Å². The zero-order chi connectivity index (χ0) is 12.0. The Labute approximate surface area is 100 Å². The monoisotopic (exact) mass is 222 g/mol. The molecule has 0 spiro atoms. The van der Waals surface area contributed by atoms with Crippen molar-refractivity contribution >= 4 is 0 Å². The van der Waals surface area contributed by atoms with E-state index in [2.05, 4.69) is 32.2 Å². The second-order valence-electron chi connectivity index (χ2n) is 5.76. The molecule has 16 heavy (non-hydrogen) atoms. The van der Waals surface area contributed by atoms with Crippen molar-refractivity contribution in [3.8, 4) is 6.07 Å². The van der Waals surface area contributed by atoms with Gasteiger partial charge in [-0.15, -0.1) is 0 Å². The molecule has 2 heteroatoms. The van der Waals surface area contributed by atoms with E-state index in [0.717, 1.165) is 6.42 Å². The molecule has 1 saturated carbocycles. The molecular weight excluding hydrogens is 196 g/mol. The first kappa shape index (κ1) is 13.5. The zero-order valence-electron chi connectivity index (χ0n) is 11.1. The van der Waals surface area contributed by atoms with Crippen LogP contribution in [0.5, 0.6) is 0 Å². The standard InChI is InChI=1S/C14H26N2/c1-4-10-14(2,3)16-13-9-7-5-6-8-12(13)11-15/h12-13,16H,4-10H2,1-3H3. The summed E-state index contributed by atoms with van der Waals surface area (Å²) in [5.74, 6) is 0.221.